The van der Waals surface area contributed by atoms with E-state index in [2.05, 4.69) is 15.5 Å². The topological polar surface area (TPSA) is 97.7 Å². The van der Waals surface area contributed by atoms with Crippen LogP contribution in [0.15, 0.2) is 41.3 Å². The van der Waals surface area contributed by atoms with Gasteiger partial charge < -0.3 is 14.8 Å². The highest BCUT2D eigenvalue weighted by Gasteiger charge is 2.14. The zero-order valence-electron chi connectivity index (χ0n) is 11.9. The fourth-order valence-corrected chi connectivity index (χ4v) is 2.38. The van der Waals surface area contributed by atoms with Crippen LogP contribution < -0.4 is 20.5 Å². The molecule has 0 fully saturated rings. The molecular formula is C15H12N4O4. The molecule has 0 atom stereocenters. The summed E-state index contributed by atoms with van der Waals surface area (Å²) in [6, 6.07) is 8.71. The van der Waals surface area contributed by atoms with Crippen LogP contribution in [0.4, 0.5) is 0 Å². The first kappa shape index (κ1) is 13.4. The number of amides is 1. The molecular weight excluding hydrogens is 300 g/mol. The third-order valence-electron chi connectivity index (χ3n) is 3.56. The molecule has 8 heteroatoms. The lowest BCUT2D eigenvalue weighted by Crippen LogP contribution is -2.23. The summed E-state index contributed by atoms with van der Waals surface area (Å²) >= 11 is 0. The van der Waals surface area contributed by atoms with Gasteiger partial charge in [-0.05, 0) is 29.8 Å². The molecule has 2 N–H and O–H groups in total. The van der Waals surface area contributed by atoms with E-state index < -0.39 is 0 Å². The van der Waals surface area contributed by atoms with Crippen LogP contribution in [0.5, 0.6) is 11.5 Å². The minimum Gasteiger partial charge on any atom is -0.454 e. The predicted molar refractivity (Wildman–Crippen MR) is 79.5 cm³/mol. The first-order valence-corrected chi connectivity index (χ1v) is 6.94. The number of fused-ring (bicyclic) bond motifs is 2. The summed E-state index contributed by atoms with van der Waals surface area (Å²) in [7, 11) is 0. The van der Waals surface area contributed by atoms with E-state index in [1.54, 1.807) is 18.2 Å². The van der Waals surface area contributed by atoms with Crippen molar-refractivity contribution >= 4 is 11.6 Å². The lowest BCUT2D eigenvalue weighted by molar-refractivity contribution is 0.0950. The fraction of sp³-hybridized carbons (Fsp3) is 0.133. The van der Waals surface area contributed by atoms with Gasteiger partial charge in [0.25, 0.3) is 5.91 Å². The van der Waals surface area contributed by atoms with Crippen molar-refractivity contribution in [1.29, 1.82) is 0 Å². The molecule has 8 nitrogen and oxygen atoms in total. The maximum Gasteiger partial charge on any atom is 0.347 e. The Kier molecular flexibility index (Phi) is 3.00. The van der Waals surface area contributed by atoms with E-state index in [0.29, 0.717) is 29.3 Å². The second-order valence-corrected chi connectivity index (χ2v) is 5.05. The number of hydrogen-bond donors (Lipinski definition) is 2. The van der Waals surface area contributed by atoms with Gasteiger partial charge >= 0.3 is 5.69 Å². The summed E-state index contributed by atoms with van der Waals surface area (Å²) < 4.78 is 11.8. The third-order valence-corrected chi connectivity index (χ3v) is 3.56. The molecule has 0 spiro atoms. The van der Waals surface area contributed by atoms with E-state index in [9.17, 15) is 9.59 Å². The van der Waals surface area contributed by atoms with Gasteiger partial charge in [0, 0.05) is 12.7 Å². The van der Waals surface area contributed by atoms with Crippen LogP contribution in [0.3, 0.4) is 0 Å². The second-order valence-electron chi connectivity index (χ2n) is 5.05. The normalized spacial score (nSPS) is 12.5. The van der Waals surface area contributed by atoms with Gasteiger partial charge in [0.15, 0.2) is 17.1 Å². The van der Waals surface area contributed by atoms with Gasteiger partial charge in [0.05, 0.1) is 5.56 Å². The lowest BCUT2D eigenvalue weighted by Gasteiger charge is -2.06. The minimum atomic E-state index is -0.384. The standard InChI is InChI=1S/C15H12N4O4/c20-14(10-2-4-13-17-18-15(21)19(13)7-10)16-6-9-1-3-11-12(5-9)23-8-22-11/h1-5,7H,6,8H2,(H,16,20)(H,18,21). The smallest absolute Gasteiger partial charge is 0.347 e. The van der Waals surface area contributed by atoms with Crippen molar-refractivity contribution in [2.75, 3.05) is 6.79 Å². The third kappa shape index (κ3) is 2.39. The van der Waals surface area contributed by atoms with Crippen molar-refractivity contribution in [1.82, 2.24) is 19.9 Å². The highest BCUT2D eigenvalue weighted by atomic mass is 16.7. The molecule has 1 aromatic carbocycles. The number of carbonyl (C=O) groups excluding carboxylic acids is 1. The lowest BCUT2D eigenvalue weighted by atomic mass is 10.2. The Bertz CT molecular complexity index is 960. The van der Waals surface area contributed by atoms with Crippen molar-refractivity contribution in [3.05, 3.63) is 58.1 Å². The van der Waals surface area contributed by atoms with E-state index in [1.807, 2.05) is 12.1 Å². The van der Waals surface area contributed by atoms with Gasteiger partial charge in [0.1, 0.15) is 0 Å². The second kappa shape index (κ2) is 5.16. The van der Waals surface area contributed by atoms with E-state index >= 15 is 0 Å². The molecule has 3 heterocycles. The number of ether oxygens (including phenoxy) is 2. The summed E-state index contributed by atoms with van der Waals surface area (Å²) in [6.45, 7) is 0.554. The number of carbonyl (C=O) groups is 1. The summed E-state index contributed by atoms with van der Waals surface area (Å²) in [5.41, 5.74) is 1.35. The number of pyridine rings is 1. The van der Waals surface area contributed by atoms with E-state index in [4.69, 9.17) is 9.47 Å². The molecule has 4 rings (SSSR count). The van der Waals surface area contributed by atoms with Crippen molar-refractivity contribution in [3.8, 4) is 11.5 Å². The molecule has 2 aromatic heterocycles. The van der Waals surface area contributed by atoms with Crippen LogP contribution in [0, 0.1) is 0 Å². The molecule has 0 aliphatic carbocycles. The molecule has 0 saturated heterocycles. The summed E-state index contributed by atoms with van der Waals surface area (Å²) in [5.74, 6) is 1.09. The van der Waals surface area contributed by atoms with Gasteiger partial charge in [-0.15, -0.1) is 0 Å². The molecule has 0 saturated carbocycles. The molecule has 23 heavy (non-hydrogen) atoms. The van der Waals surface area contributed by atoms with Crippen LogP contribution >= 0.6 is 0 Å². The van der Waals surface area contributed by atoms with Crippen molar-refractivity contribution in [3.63, 3.8) is 0 Å². The fourth-order valence-electron chi connectivity index (χ4n) is 2.38. The Morgan fingerprint density at radius 1 is 1.26 bits per heavy atom. The molecule has 0 radical (unpaired) electrons. The Balaban J connectivity index is 1.50. The maximum atomic E-state index is 12.2. The van der Waals surface area contributed by atoms with Gasteiger partial charge in [-0.3, -0.25) is 4.79 Å². The highest BCUT2D eigenvalue weighted by molar-refractivity contribution is 5.94. The first-order valence-electron chi connectivity index (χ1n) is 6.94. The van der Waals surface area contributed by atoms with Crippen LogP contribution in [-0.4, -0.2) is 27.3 Å². The number of hydrogen-bond acceptors (Lipinski definition) is 5. The summed E-state index contributed by atoms with van der Waals surface area (Å²) in [6.07, 6.45) is 1.45. The van der Waals surface area contributed by atoms with E-state index in [0.717, 1.165) is 5.56 Å². The minimum absolute atomic E-state index is 0.213. The number of nitrogens with zero attached hydrogens (tertiary/aromatic N) is 2. The summed E-state index contributed by atoms with van der Waals surface area (Å²) in [5, 5.41) is 8.94. The monoisotopic (exact) mass is 312 g/mol. The molecule has 0 bridgehead atoms. The van der Waals surface area contributed by atoms with Gasteiger partial charge in [-0.25, -0.2) is 14.3 Å². The van der Waals surface area contributed by atoms with Crippen molar-refractivity contribution in [2.45, 2.75) is 6.54 Å². The maximum absolute atomic E-state index is 12.2. The van der Waals surface area contributed by atoms with Crippen LogP contribution in [0.2, 0.25) is 0 Å². The molecule has 116 valence electrons. The SMILES string of the molecule is O=C(NCc1ccc2c(c1)OCO2)c1ccc2n[nH]c(=O)n2c1. The molecule has 0 unspecified atom stereocenters. The number of aromatic amines is 1. The Morgan fingerprint density at radius 2 is 2.13 bits per heavy atom. The molecule has 1 aliphatic heterocycles. The number of aromatic nitrogens is 3. The Hall–Kier alpha value is -3.29. The van der Waals surface area contributed by atoms with Gasteiger partial charge in [0.2, 0.25) is 6.79 Å². The number of nitrogens with one attached hydrogen (secondary N) is 2. The number of H-pyrrole nitrogens is 1. The predicted octanol–water partition coefficient (Wildman–Crippen LogP) is 0.681. The zero-order valence-corrected chi connectivity index (χ0v) is 11.9. The molecule has 1 amide bonds. The average Bonchev–Trinajstić information content (AvgIpc) is 3.18. The average molecular weight is 312 g/mol. The Labute approximate surface area is 129 Å². The van der Waals surface area contributed by atoms with Crippen molar-refractivity contribution < 1.29 is 14.3 Å². The van der Waals surface area contributed by atoms with Crippen LogP contribution in [0.25, 0.3) is 5.65 Å². The Morgan fingerprint density at radius 3 is 3.04 bits per heavy atom. The van der Waals surface area contributed by atoms with E-state index in [1.165, 1.54) is 10.6 Å². The number of rotatable bonds is 3. The van der Waals surface area contributed by atoms with Gasteiger partial charge in [-0.2, -0.15) is 5.10 Å². The van der Waals surface area contributed by atoms with Gasteiger partial charge in [-0.1, -0.05) is 6.07 Å². The highest BCUT2D eigenvalue weighted by Crippen LogP contribution is 2.32. The number of benzene rings is 1. The first-order chi connectivity index (χ1) is 11.2. The van der Waals surface area contributed by atoms with E-state index in [-0.39, 0.29) is 18.4 Å². The van der Waals surface area contributed by atoms with Crippen LogP contribution in [-0.2, 0) is 6.54 Å². The quantitative estimate of drug-likeness (QED) is 0.741. The summed E-state index contributed by atoms with van der Waals surface area (Å²) in [4.78, 5) is 23.7. The molecule has 1 aliphatic rings. The van der Waals surface area contributed by atoms with Crippen LogP contribution in [0.1, 0.15) is 15.9 Å². The largest absolute Gasteiger partial charge is 0.454 e. The zero-order chi connectivity index (χ0) is 15.8. The molecule has 3 aromatic rings. The van der Waals surface area contributed by atoms with Crippen molar-refractivity contribution in [2.24, 2.45) is 0 Å².